The molecule has 4 aromatic carbocycles. The van der Waals surface area contributed by atoms with Crippen molar-refractivity contribution in [1.29, 1.82) is 0 Å². The topological polar surface area (TPSA) is 115 Å². The Balaban J connectivity index is 0.000000208. The predicted octanol–water partition coefficient (Wildman–Crippen LogP) is 7.59. The molecule has 0 aliphatic heterocycles. The van der Waals surface area contributed by atoms with Gasteiger partial charge >= 0.3 is 11.9 Å². The number of benzene rings is 4. The van der Waals surface area contributed by atoms with Crippen LogP contribution in [0.2, 0.25) is 5.02 Å². The minimum absolute atomic E-state index is 0.170. The fraction of sp³-hybridized carbons (Fsp3) is 0.147. The molecule has 2 N–H and O–H groups in total. The van der Waals surface area contributed by atoms with Gasteiger partial charge in [0.25, 0.3) is 5.91 Å². The molecule has 43 heavy (non-hydrogen) atoms. The molecule has 0 amide bonds. The fourth-order valence-electron chi connectivity index (χ4n) is 4.56. The number of carboxylic acids is 2. The highest BCUT2D eigenvalue weighted by Gasteiger charge is 2.22. The zero-order valence-electron chi connectivity index (χ0n) is 23.8. The number of hydrogen-bond acceptors (Lipinski definition) is 5. The molecule has 0 fully saturated rings. The van der Waals surface area contributed by atoms with Gasteiger partial charge in [0.15, 0.2) is 0 Å². The summed E-state index contributed by atoms with van der Waals surface area (Å²) in [5, 5.41) is 19.4. The van der Waals surface area contributed by atoms with E-state index in [1.807, 2.05) is 36.4 Å². The predicted molar refractivity (Wildman–Crippen MR) is 165 cm³/mol. The Morgan fingerprint density at radius 3 is 2.14 bits per heavy atom. The molecule has 0 spiro atoms. The second-order valence-electron chi connectivity index (χ2n) is 9.71. The van der Waals surface area contributed by atoms with Gasteiger partial charge in [-0.25, -0.2) is 0 Å². The summed E-state index contributed by atoms with van der Waals surface area (Å²) in [7, 11) is 1.54. The van der Waals surface area contributed by atoms with Gasteiger partial charge in [0.2, 0.25) is 0 Å². The monoisotopic (exact) mass is 599 g/mol. The number of fused-ring (bicyclic) bond motifs is 1. The second kappa shape index (κ2) is 13.7. The number of halogens is 1. The highest BCUT2D eigenvalue weighted by Crippen LogP contribution is 2.31. The van der Waals surface area contributed by atoms with E-state index in [4.69, 9.17) is 26.2 Å². The van der Waals surface area contributed by atoms with Gasteiger partial charge in [-0.05, 0) is 91.7 Å². The van der Waals surface area contributed by atoms with Gasteiger partial charge in [0.05, 0.1) is 25.0 Å². The SMILES string of the molecule is CC(C(=O)O)c1cccc(Oc2ccccc2)c1.COc1ccc2c(c1)c(CC(=O)O)c(C)n2C(=O)c1ccc(Cl)cc1. The average Bonchev–Trinajstić information content (AvgIpc) is 3.27. The number of ether oxygens (including phenoxy) is 2. The fourth-order valence-corrected chi connectivity index (χ4v) is 4.69. The summed E-state index contributed by atoms with van der Waals surface area (Å²) < 4.78 is 12.4. The zero-order chi connectivity index (χ0) is 31.1. The van der Waals surface area contributed by atoms with Crippen LogP contribution in [0.5, 0.6) is 17.2 Å². The van der Waals surface area contributed by atoms with Crippen LogP contribution in [-0.2, 0) is 16.0 Å². The minimum Gasteiger partial charge on any atom is -0.497 e. The van der Waals surface area contributed by atoms with Crippen LogP contribution in [0.3, 0.4) is 0 Å². The number of methoxy groups -OCH3 is 1. The Hall–Kier alpha value is -5.08. The average molecular weight is 600 g/mol. The number of carboxylic acid groups (broad SMARTS) is 2. The molecule has 1 heterocycles. The van der Waals surface area contributed by atoms with Crippen molar-refractivity contribution < 1.29 is 34.1 Å². The number of hydrogen-bond donors (Lipinski definition) is 2. The van der Waals surface area contributed by atoms with E-state index in [-0.39, 0.29) is 12.3 Å². The zero-order valence-corrected chi connectivity index (χ0v) is 24.5. The summed E-state index contributed by atoms with van der Waals surface area (Å²) in [6.07, 6.45) is -0.170. The van der Waals surface area contributed by atoms with Crippen molar-refractivity contribution in [3.8, 4) is 17.2 Å². The third-order valence-electron chi connectivity index (χ3n) is 6.87. The number of nitrogens with zero attached hydrogens (tertiary/aromatic N) is 1. The summed E-state index contributed by atoms with van der Waals surface area (Å²) in [4.78, 5) is 35.2. The number of para-hydroxylation sites is 1. The summed E-state index contributed by atoms with van der Waals surface area (Å²) in [5.41, 5.74) is 3.06. The first-order valence-electron chi connectivity index (χ1n) is 13.3. The minimum atomic E-state index is -0.955. The van der Waals surface area contributed by atoms with E-state index in [9.17, 15) is 19.5 Å². The highest BCUT2D eigenvalue weighted by atomic mass is 35.5. The standard InChI is InChI=1S/C19H16ClNO4.C15H14O3/c1-11-15(10-18(22)23)16-9-14(25-2)7-8-17(16)21(11)19(24)12-3-5-13(20)6-4-12;1-11(15(16)17)12-6-5-9-14(10-12)18-13-7-3-2-4-8-13/h3-9H,10H2,1-2H3,(H,22,23);2-11H,1H3,(H,16,17). The van der Waals surface area contributed by atoms with Crippen LogP contribution in [0, 0.1) is 6.92 Å². The molecule has 1 unspecified atom stereocenters. The van der Waals surface area contributed by atoms with E-state index >= 15 is 0 Å². The van der Waals surface area contributed by atoms with Crippen LogP contribution in [0.1, 0.15) is 40.0 Å². The summed E-state index contributed by atoms with van der Waals surface area (Å²) in [6.45, 7) is 3.41. The maximum atomic E-state index is 13.0. The van der Waals surface area contributed by atoms with E-state index in [1.165, 1.54) is 4.57 Å². The second-order valence-corrected chi connectivity index (χ2v) is 10.1. The number of rotatable bonds is 8. The van der Waals surface area contributed by atoms with Crippen LogP contribution in [0.25, 0.3) is 10.9 Å². The Morgan fingerprint density at radius 1 is 0.837 bits per heavy atom. The lowest BCUT2D eigenvalue weighted by molar-refractivity contribution is -0.138. The Labute approximate surface area is 253 Å². The van der Waals surface area contributed by atoms with Gasteiger partial charge in [-0.3, -0.25) is 19.0 Å². The van der Waals surface area contributed by atoms with Crippen LogP contribution in [0.4, 0.5) is 0 Å². The third-order valence-corrected chi connectivity index (χ3v) is 7.12. The van der Waals surface area contributed by atoms with Crippen LogP contribution >= 0.6 is 11.6 Å². The van der Waals surface area contributed by atoms with E-state index in [1.54, 1.807) is 81.6 Å². The molecule has 9 heteroatoms. The van der Waals surface area contributed by atoms with Crippen molar-refractivity contribution in [3.63, 3.8) is 0 Å². The molecule has 0 saturated heterocycles. The number of aliphatic carboxylic acids is 2. The summed E-state index contributed by atoms with van der Waals surface area (Å²) in [5.74, 6) is -0.583. The lowest BCUT2D eigenvalue weighted by atomic mass is 10.0. The molecule has 0 aliphatic rings. The van der Waals surface area contributed by atoms with Crippen molar-refractivity contribution in [1.82, 2.24) is 4.57 Å². The van der Waals surface area contributed by atoms with Crippen molar-refractivity contribution >= 4 is 40.3 Å². The van der Waals surface area contributed by atoms with Crippen molar-refractivity contribution in [3.05, 3.63) is 124 Å². The molecule has 0 aliphatic carbocycles. The number of aromatic nitrogens is 1. The largest absolute Gasteiger partial charge is 0.497 e. The van der Waals surface area contributed by atoms with Gasteiger partial charge in [-0.1, -0.05) is 41.9 Å². The lowest BCUT2D eigenvalue weighted by Crippen LogP contribution is -2.14. The molecule has 0 saturated carbocycles. The maximum Gasteiger partial charge on any atom is 0.310 e. The Kier molecular flexibility index (Phi) is 9.85. The van der Waals surface area contributed by atoms with E-state index < -0.39 is 17.9 Å². The summed E-state index contributed by atoms with van der Waals surface area (Å²) in [6, 6.07) is 28.4. The van der Waals surface area contributed by atoms with Crippen LogP contribution in [-0.4, -0.2) is 39.7 Å². The van der Waals surface area contributed by atoms with Gasteiger partial charge in [-0.15, -0.1) is 0 Å². The molecule has 8 nitrogen and oxygen atoms in total. The first kappa shape index (κ1) is 30.9. The highest BCUT2D eigenvalue weighted by molar-refractivity contribution is 6.30. The quantitative estimate of drug-likeness (QED) is 0.189. The van der Waals surface area contributed by atoms with Gasteiger partial charge in [0, 0.05) is 21.7 Å². The Bertz CT molecular complexity index is 1760. The number of carbonyl (C=O) groups is 3. The molecular weight excluding hydrogens is 570 g/mol. The first-order valence-corrected chi connectivity index (χ1v) is 13.7. The third kappa shape index (κ3) is 7.42. The molecule has 1 aromatic heterocycles. The van der Waals surface area contributed by atoms with Gasteiger partial charge in [-0.2, -0.15) is 0 Å². The lowest BCUT2D eigenvalue weighted by Gasteiger charge is -2.10. The Morgan fingerprint density at radius 2 is 1.51 bits per heavy atom. The summed E-state index contributed by atoms with van der Waals surface area (Å²) >= 11 is 5.89. The number of carbonyl (C=O) groups excluding carboxylic acids is 1. The van der Waals surface area contributed by atoms with Crippen molar-refractivity contribution in [2.75, 3.05) is 7.11 Å². The smallest absolute Gasteiger partial charge is 0.310 e. The normalized spacial score (nSPS) is 11.3. The van der Waals surface area contributed by atoms with Crippen LogP contribution < -0.4 is 9.47 Å². The van der Waals surface area contributed by atoms with Crippen molar-refractivity contribution in [2.24, 2.45) is 0 Å². The molecular formula is C34H30ClNO7. The maximum absolute atomic E-state index is 13.0. The van der Waals surface area contributed by atoms with E-state index in [0.717, 1.165) is 11.3 Å². The molecule has 0 radical (unpaired) electrons. The molecule has 5 rings (SSSR count). The van der Waals surface area contributed by atoms with E-state index in [0.29, 0.717) is 44.2 Å². The van der Waals surface area contributed by atoms with Crippen molar-refractivity contribution in [2.45, 2.75) is 26.2 Å². The van der Waals surface area contributed by atoms with E-state index in [2.05, 4.69) is 0 Å². The first-order chi connectivity index (χ1) is 20.6. The van der Waals surface area contributed by atoms with Gasteiger partial charge in [0.1, 0.15) is 17.2 Å². The van der Waals surface area contributed by atoms with Crippen LogP contribution in [0.15, 0.2) is 97.1 Å². The van der Waals surface area contributed by atoms with Gasteiger partial charge < -0.3 is 19.7 Å². The molecule has 220 valence electrons. The molecule has 0 bridgehead atoms. The molecule has 5 aromatic rings. The molecule has 1 atom stereocenters.